The molecule has 1 aliphatic rings. The van der Waals surface area contributed by atoms with Gasteiger partial charge in [0.15, 0.2) is 0 Å². The fraction of sp³-hybridized carbons (Fsp3) is 0.462. The number of hydrogen-bond donors (Lipinski definition) is 1. The first-order valence-electron chi connectivity index (χ1n) is 5.99. The number of halogens is 1. The van der Waals surface area contributed by atoms with E-state index in [4.69, 9.17) is 4.74 Å². The highest BCUT2D eigenvalue weighted by Gasteiger charge is 2.23. The zero-order valence-corrected chi connectivity index (χ0v) is 10.0. The van der Waals surface area contributed by atoms with Crippen molar-refractivity contribution in [3.8, 4) is 5.75 Å². The van der Waals surface area contributed by atoms with E-state index in [9.17, 15) is 14.3 Å². The van der Waals surface area contributed by atoms with Gasteiger partial charge in [-0.2, -0.15) is 0 Å². The zero-order valence-electron chi connectivity index (χ0n) is 10.0. The Labute approximate surface area is 105 Å². The summed E-state index contributed by atoms with van der Waals surface area (Å²) in [5, 5.41) is 9.32. The molecule has 1 heterocycles. The van der Waals surface area contributed by atoms with E-state index in [0.717, 1.165) is 0 Å². The van der Waals surface area contributed by atoms with Crippen molar-refractivity contribution in [2.45, 2.75) is 18.9 Å². The molecule has 0 radical (unpaired) electrons. The van der Waals surface area contributed by atoms with Gasteiger partial charge in [-0.05, 0) is 30.7 Å². The number of hydrogen-bond acceptors (Lipinski definition) is 3. The average Bonchev–Trinajstić information content (AvgIpc) is 2.78. The lowest BCUT2D eigenvalue weighted by Gasteiger charge is -2.15. The second kappa shape index (κ2) is 5.82. The summed E-state index contributed by atoms with van der Waals surface area (Å²) in [5.41, 5.74) is 0. The van der Waals surface area contributed by atoms with Crippen LogP contribution >= 0.6 is 0 Å². The van der Waals surface area contributed by atoms with Gasteiger partial charge >= 0.3 is 0 Å². The van der Waals surface area contributed by atoms with Crippen molar-refractivity contribution < 1.29 is 19.0 Å². The molecular formula is C13H16FNO3. The number of aliphatic hydroxyl groups is 1. The number of amides is 1. The van der Waals surface area contributed by atoms with Crippen LogP contribution in [0.4, 0.5) is 4.39 Å². The van der Waals surface area contributed by atoms with Crippen LogP contribution in [0.25, 0.3) is 0 Å². The molecule has 0 spiro atoms. The molecule has 0 aromatic heterocycles. The van der Waals surface area contributed by atoms with Crippen LogP contribution in [0, 0.1) is 5.82 Å². The molecule has 18 heavy (non-hydrogen) atoms. The fourth-order valence-electron chi connectivity index (χ4n) is 1.91. The quantitative estimate of drug-likeness (QED) is 0.876. The number of aliphatic hydroxyl groups excluding tert-OH is 1. The second-order valence-corrected chi connectivity index (χ2v) is 4.33. The van der Waals surface area contributed by atoms with E-state index in [1.165, 1.54) is 24.3 Å². The van der Waals surface area contributed by atoms with E-state index in [0.29, 0.717) is 25.3 Å². The summed E-state index contributed by atoms with van der Waals surface area (Å²) in [6.07, 6.45) is 0.515. The number of ether oxygens (including phenoxy) is 1. The van der Waals surface area contributed by atoms with Crippen LogP contribution in [0.5, 0.6) is 5.75 Å². The van der Waals surface area contributed by atoms with Gasteiger partial charge in [0.1, 0.15) is 11.6 Å². The van der Waals surface area contributed by atoms with Crippen molar-refractivity contribution in [2.75, 3.05) is 19.7 Å². The predicted molar refractivity (Wildman–Crippen MR) is 63.7 cm³/mol. The molecule has 1 aliphatic heterocycles. The molecule has 1 amide bonds. The molecule has 1 aromatic carbocycles. The SMILES string of the molecule is O=C(CCOc1ccc(F)cc1)N1CC[C@H](O)C1. The van der Waals surface area contributed by atoms with Crippen molar-refractivity contribution in [1.82, 2.24) is 4.90 Å². The minimum atomic E-state index is -0.396. The maximum atomic E-state index is 12.6. The minimum Gasteiger partial charge on any atom is -0.493 e. The number of carbonyl (C=O) groups is 1. The van der Waals surface area contributed by atoms with Crippen molar-refractivity contribution in [1.29, 1.82) is 0 Å². The van der Waals surface area contributed by atoms with Gasteiger partial charge in [0.25, 0.3) is 0 Å². The highest BCUT2D eigenvalue weighted by Crippen LogP contribution is 2.13. The Morgan fingerprint density at radius 3 is 2.78 bits per heavy atom. The lowest BCUT2D eigenvalue weighted by atomic mass is 10.3. The smallest absolute Gasteiger partial charge is 0.226 e. The van der Waals surface area contributed by atoms with E-state index in [1.807, 2.05) is 0 Å². The molecule has 5 heteroatoms. The van der Waals surface area contributed by atoms with Crippen molar-refractivity contribution in [2.24, 2.45) is 0 Å². The summed E-state index contributed by atoms with van der Waals surface area (Å²) in [7, 11) is 0. The Morgan fingerprint density at radius 2 is 2.17 bits per heavy atom. The molecule has 1 aromatic rings. The third kappa shape index (κ3) is 3.43. The van der Waals surface area contributed by atoms with Gasteiger partial charge in [-0.1, -0.05) is 0 Å². The van der Waals surface area contributed by atoms with E-state index >= 15 is 0 Å². The first-order chi connectivity index (χ1) is 8.65. The van der Waals surface area contributed by atoms with Crippen LogP contribution in [-0.4, -0.2) is 41.7 Å². The van der Waals surface area contributed by atoms with Gasteiger partial charge in [-0.15, -0.1) is 0 Å². The fourth-order valence-corrected chi connectivity index (χ4v) is 1.91. The van der Waals surface area contributed by atoms with Crippen LogP contribution in [0.2, 0.25) is 0 Å². The van der Waals surface area contributed by atoms with Crippen LogP contribution < -0.4 is 4.74 Å². The van der Waals surface area contributed by atoms with Crippen LogP contribution in [0.1, 0.15) is 12.8 Å². The Balaban J connectivity index is 1.72. The van der Waals surface area contributed by atoms with Gasteiger partial charge in [0.05, 0.1) is 19.1 Å². The number of carbonyl (C=O) groups excluding carboxylic acids is 1. The number of benzene rings is 1. The summed E-state index contributed by atoms with van der Waals surface area (Å²) < 4.78 is 18.0. The maximum absolute atomic E-state index is 12.6. The molecule has 1 fully saturated rings. The molecule has 98 valence electrons. The number of nitrogens with zero attached hydrogens (tertiary/aromatic N) is 1. The normalized spacial score (nSPS) is 19.0. The Bertz CT molecular complexity index is 407. The van der Waals surface area contributed by atoms with Crippen molar-refractivity contribution in [3.63, 3.8) is 0 Å². The molecule has 0 saturated carbocycles. The molecule has 1 saturated heterocycles. The van der Waals surface area contributed by atoms with Crippen LogP contribution in [-0.2, 0) is 4.79 Å². The zero-order chi connectivity index (χ0) is 13.0. The largest absolute Gasteiger partial charge is 0.493 e. The topological polar surface area (TPSA) is 49.8 Å². The van der Waals surface area contributed by atoms with Gasteiger partial charge < -0.3 is 14.7 Å². The third-order valence-corrected chi connectivity index (χ3v) is 2.91. The lowest BCUT2D eigenvalue weighted by Crippen LogP contribution is -2.30. The average molecular weight is 253 g/mol. The summed E-state index contributed by atoms with van der Waals surface area (Å²) in [5.74, 6) is 0.212. The minimum absolute atomic E-state index is 0.0198. The molecule has 4 nitrogen and oxygen atoms in total. The molecular weight excluding hydrogens is 237 g/mol. The molecule has 1 N–H and O–H groups in total. The van der Waals surface area contributed by atoms with Crippen LogP contribution in [0.15, 0.2) is 24.3 Å². The van der Waals surface area contributed by atoms with Crippen molar-refractivity contribution >= 4 is 5.91 Å². The third-order valence-electron chi connectivity index (χ3n) is 2.91. The van der Waals surface area contributed by atoms with Gasteiger partial charge in [0, 0.05) is 13.1 Å². The van der Waals surface area contributed by atoms with Gasteiger partial charge in [-0.25, -0.2) is 4.39 Å². The second-order valence-electron chi connectivity index (χ2n) is 4.33. The highest BCUT2D eigenvalue weighted by molar-refractivity contribution is 5.76. The lowest BCUT2D eigenvalue weighted by molar-refractivity contribution is -0.131. The summed E-state index contributed by atoms with van der Waals surface area (Å²) >= 11 is 0. The molecule has 0 unspecified atom stereocenters. The molecule has 2 rings (SSSR count). The van der Waals surface area contributed by atoms with E-state index in [1.54, 1.807) is 4.90 Å². The van der Waals surface area contributed by atoms with E-state index < -0.39 is 6.10 Å². The Kier molecular flexibility index (Phi) is 4.15. The molecule has 0 aliphatic carbocycles. The summed E-state index contributed by atoms with van der Waals surface area (Å²) in [4.78, 5) is 13.3. The Morgan fingerprint density at radius 1 is 1.44 bits per heavy atom. The van der Waals surface area contributed by atoms with Crippen LogP contribution in [0.3, 0.4) is 0 Å². The predicted octanol–water partition coefficient (Wildman–Crippen LogP) is 1.19. The standard InChI is InChI=1S/C13H16FNO3/c14-10-1-3-12(4-2-10)18-8-6-13(17)15-7-5-11(16)9-15/h1-4,11,16H,5-9H2/t11-/m0/s1. The molecule has 0 bridgehead atoms. The first-order valence-corrected chi connectivity index (χ1v) is 5.99. The van der Waals surface area contributed by atoms with E-state index in [2.05, 4.69) is 0 Å². The van der Waals surface area contributed by atoms with Gasteiger partial charge in [-0.3, -0.25) is 4.79 Å². The highest BCUT2D eigenvalue weighted by atomic mass is 19.1. The number of likely N-dealkylation sites (tertiary alicyclic amines) is 1. The molecule has 1 atom stereocenters. The van der Waals surface area contributed by atoms with Gasteiger partial charge in [0.2, 0.25) is 5.91 Å². The summed E-state index contributed by atoms with van der Waals surface area (Å²) in [6.45, 7) is 1.28. The number of rotatable bonds is 4. The van der Waals surface area contributed by atoms with E-state index in [-0.39, 0.29) is 24.8 Å². The first kappa shape index (κ1) is 12.8. The maximum Gasteiger partial charge on any atom is 0.226 e. The van der Waals surface area contributed by atoms with Crippen molar-refractivity contribution in [3.05, 3.63) is 30.1 Å². The number of β-amino-alcohol motifs (C(OH)–C–C–N with tert-alkyl or cyclic N) is 1. The Hall–Kier alpha value is -1.62. The summed E-state index contributed by atoms with van der Waals surface area (Å²) in [6, 6.07) is 5.68. The monoisotopic (exact) mass is 253 g/mol.